The van der Waals surface area contributed by atoms with Gasteiger partial charge in [0.1, 0.15) is 0 Å². The molecule has 1 aromatic heterocycles. The molecule has 4 rings (SSSR count). The van der Waals surface area contributed by atoms with Crippen LogP contribution in [0.25, 0.3) is 0 Å². The molecule has 1 N–H and O–H groups in total. The second-order valence-electron chi connectivity index (χ2n) is 7.58. The topological polar surface area (TPSA) is 69.7 Å². The Hall–Kier alpha value is -2.32. The maximum Gasteiger partial charge on any atom is 0.227 e. The summed E-state index contributed by atoms with van der Waals surface area (Å²) in [4.78, 5) is 43.5. The Morgan fingerprint density at radius 1 is 1.23 bits per heavy atom. The summed E-state index contributed by atoms with van der Waals surface area (Å²) in [5, 5.41) is 4.92. The summed E-state index contributed by atoms with van der Waals surface area (Å²) in [5.41, 5.74) is 2.06. The van der Waals surface area contributed by atoms with Gasteiger partial charge in [-0.25, -0.2) is 0 Å². The summed E-state index contributed by atoms with van der Waals surface area (Å²) in [6.45, 7) is 2.08. The van der Waals surface area contributed by atoms with Crippen LogP contribution in [0.4, 0.5) is 5.69 Å². The lowest BCUT2D eigenvalue weighted by Crippen LogP contribution is -2.39. The number of thiophene rings is 1. The maximum atomic E-state index is 12.5. The molecule has 2 aromatic rings. The predicted molar refractivity (Wildman–Crippen MR) is 120 cm³/mol. The molecule has 1 unspecified atom stereocenters. The number of amides is 3. The molecular weight excluding hydrogens is 418 g/mol. The van der Waals surface area contributed by atoms with Gasteiger partial charge in [0.25, 0.3) is 0 Å². The summed E-state index contributed by atoms with van der Waals surface area (Å²) < 4.78 is 0. The van der Waals surface area contributed by atoms with E-state index >= 15 is 0 Å². The third kappa shape index (κ3) is 4.54. The highest BCUT2D eigenvalue weighted by atomic mass is 32.2. The number of thioether (sulfide) groups is 1. The molecule has 1 fully saturated rings. The van der Waals surface area contributed by atoms with Gasteiger partial charge in [0.2, 0.25) is 17.7 Å². The first-order valence-corrected chi connectivity index (χ1v) is 12.2. The third-order valence-electron chi connectivity index (χ3n) is 5.68. The highest BCUT2D eigenvalue weighted by Gasteiger charge is 2.35. The molecular formula is C22H25N3O3S2. The first-order valence-electron chi connectivity index (χ1n) is 10.1. The van der Waals surface area contributed by atoms with Crippen LogP contribution >= 0.6 is 23.1 Å². The zero-order valence-electron chi connectivity index (χ0n) is 16.9. The minimum atomic E-state index is -0.379. The monoisotopic (exact) mass is 443 g/mol. The molecule has 1 atom stereocenters. The van der Waals surface area contributed by atoms with Gasteiger partial charge < -0.3 is 15.1 Å². The van der Waals surface area contributed by atoms with Crippen LogP contribution in [0.15, 0.2) is 40.6 Å². The van der Waals surface area contributed by atoms with Crippen LogP contribution < -0.4 is 10.2 Å². The summed E-state index contributed by atoms with van der Waals surface area (Å²) in [6.07, 6.45) is 3.40. The number of nitrogens with zero attached hydrogens (tertiary/aromatic N) is 2. The van der Waals surface area contributed by atoms with Crippen molar-refractivity contribution in [2.45, 2.75) is 30.7 Å². The summed E-state index contributed by atoms with van der Waals surface area (Å²) in [6, 6.07) is 9.87. The zero-order chi connectivity index (χ0) is 21.1. The van der Waals surface area contributed by atoms with E-state index < -0.39 is 0 Å². The summed E-state index contributed by atoms with van der Waals surface area (Å²) in [5.74, 6) is -0.512. The fourth-order valence-electron chi connectivity index (χ4n) is 3.95. The normalized spacial score (nSPS) is 18.4. The van der Waals surface area contributed by atoms with Crippen molar-refractivity contribution in [3.05, 3.63) is 46.2 Å². The van der Waals surface area contributed by atoms with Crippen LogP contribution in [0.3, 0.4) is 0 Å². The fraction of sp³-hybridized carbons (Fsp3) is 0.409. The Kier molecular flexibility index (Phi) is 6.43. The molecule has 0 spiro atoms. The van der Waals surface area contributed by atoms with Gasteiger partial charge in [-0.15, -0.1) is 23.1 Å². The largest absolute Gasteiger partial charge is 0.355 e. The smallest absolute Gasteiger partial charge is 0.227 e. The van der Waals surface area contributed by atoms with Gasteiger partial charge in [0, 0.05) is 54.5 Å². The molecule has 3 amide bonds. The van der Waals surface area contributed by atoms with Crippen molar-refractivity contribution in [1.82, 2.24) is 10.2 Å². The van der Waals surface area contributed by atoms with Gasteiger partial charge in [-0.1, -0.05) is 0 Å². The number of benzene rings is 1. The highest BCUT2D eigenvalue weighted by molar-refractivity contribution is 7.98. The molecule has 158 valence electrons. The number of carbonyl (C=O) groups excluding carboxylic acids is 3. The highest BCUT2D eigenvalue weighted by Crippen LogP contribution is 2.27. The summed E-state index contributed by atoms with van der Waals surface area (Å²) in [7, 11) is 0. The van der Waals surface area contributed by atoms with E-state index in [1.54, 1.807) is 28.0 Å². The number of carbonyl (C=O) groups is 3. The number of nitrogens with one attached hydrogen (secondary N) is 1. The number of anilines is 1. The van der Waals surface area contributed by atoms with Gasteiger partial charge in [-0.05, 0) is 54.0 Å². The number of rotatable bonds is 6. The standard InChI is InChI=1S/C22H25N3O3S2/c1-29-18-4-2-17(3-5-18)25-14-16(12-21(25)27)22(28)23-9-6-20(26)24-10-7-19-15(13-24)8-11-30-19/h2-5,8,11,16H,6-7,9-10,12-14H2,1H3,(H,23,28). The van der Waals surface area contributed by atoms with Crippen molar-refractivity contribution >= 4 is 46.5 Å². The Labute approximate surface area is 184 Å². The van der Waals surface area contributed by atoms with E-state index in [2.05, 4.69) is 16.8 Å². The van der Waals surface area contributed by atoms with Crippen molar-refractivity contribution in [3.63, 3.8) is 0 Å². The first-order chi connectivity index (χ1) is 14.5. The number of hydrogen-bond acceptors (Lipinski definition) is 5. The molecule has 6 nitrogen and oxygen atoms in total. The lowest BCUT2D eigenvalue weighted by Gasteiger charge is -2.27. The van der Waals surface area contributed by atoms with E-state index in [9.17, 15) is 14.4 Å². The molecule has 0 aliphatic carbocycles. The van der Waals surface area contributed by atoms with Crippen molar-refractivity contribution in [2.75, 3.05) is 30.8 Å². The Morgan fingerprint density at radius 3 is 2.80 bits per heavy atom. The molecule has 3 heterocycles. The Balaban J connectivity index is 1.24. The molecule has 30 heavy (non-hydrogen) atoms. The molecule has 0 radical (unpaired) electrons. The average molecular weight is 444 g/mol. The quantitative estimate of drug-likeness (QED) is 0.697. The molecule has 1 aromatic carbocycles. The Bertz CT molecular complexity index is 941. The van der Waals surface area contributed by atoms with Crippen LogP contribution in [-0.4, -0.2) is 48.5 Å². The SMILES string of the molecule is CSc1ccc(N2CC(C(=O)NCCC(=O)N3CCc4sccc4C3)CC2=O)cc1. The van der Waals surface area contributed by atoms with Crippen molar-refractivity contribution in [1.29, 1.82) is 0 Å². The van der Waals surface area contributed by atoms with E-state index in [1.807, 2.05) is 35.4 Å². The minimum absolute atomic E-state index is 0.0389. The van der Waals surface area contributed by atoms with Gasteiger partial charge >= 0.3 is 0 Å². The molecule has 2 aliphatic rings. The number of hydrogen-bond donors (Lipinski definition) is 1. The number of fused-ring (bicyclic) bond motifs is 1. The first kappa shape index (κ1) is 20.9. The van der Waals surface area contributed by atoms with Crippen molar-refractivity contribution in [2.24, 2.45) is 5.92 Å². The maximum absolute atomic E-state index is 12.5. The van der Waals surface area contributed by atoms with Gasteiger partial charge in [0.15, 0.2) is 0 Å². The van der Waals surface area contributed by atoms with E-state index in [0.717, 1.165) is 23.5 Å². The molecule has 0 saturated carbocycles. The Morgan fingerprint density at radius 2 is 2.03 bits per heavy atom. The van der Waals surface area contributed by atoms with Crippen LogP contribution in [0.1, 0.15) is 23.3 Å². The van der Waals surface area contributed by atoms with Crippen LogP contribution in [-0.2, 0) is 27.3 Å². The second-order valence-corrected chi connectivity index (χ2v) is 9.46. The van der Waals surface area contributed by atoms with Crippen molar-refractivity contribution in [3.8, 4) is 0 Å². The molecule has 0 bridgehead atoms. The van der Waals surface area contributed by atoms with Gasteiger partial charge in [0.05, 0.1) is 5.92 Å². The van der Waals surface area contributed by atoms with E-state index in [0.29, 0.717) is 19.6 Å². The zero-order valence-corrected chi connectivity index (χ0v) is 18.6. The fourth-order valence-corrected chi connectivity index (χ4v) is 5.25. The predicted octanol–water partition coefficient (Wildman–Crippen LogP) is 2.91. The average Bonchev–Trinajstić information content (AvgIpc) is 3.39. The second kappa shape index (κ2) is 9.22. The van der Waals surface area contributed by atoms with E-state index in [1.165, 1.54) is 10.4 Å². The van der Waals surface area contributed by atoms with Gasteiger partial charge in [-0.2, -0.15) is 0 Å². The van der Waals surface area contributed by atoms with Crippen LogP contribution in [0, 0.1) is 5.92 Å². The van der Waals surface area contributed by atoms with Gasteiger partial charge in [-0.3, -0.25) is 14.4 Å². The van der Waals surface area contributed by atoms with E-state index in [-0.39, 0.29) is 36.5 Å². The minimum Gasteiger partial charge on any atom is -0.355 e. The molecule has 2 aliphatic heterocycles. The summed E-state index contributed by atoms with van der Waals surface area (Å²) >= 11 is 3.39. The lowest BCUT2D eigenvalue weighted by molar-refractivity contribution is -0.132. The molecule has 1 saturated heterocycles. The molecule has 8 heteroatoms. The van der Waals surface area contributed by atoms with Crippen molar-refractivity contribution < 1.29 is 14.4 Å². The van der Waals surface area contributed by atoms with Crippen LogP contribution in [0.2, 0.25) is 0 Å². The van der Waals surface area contributed by atoms with E-state index in [4.69, 9.17) is 0 Å². The third-order valence-corrected chi connectivity index (χ3v) is 7.44. The lowest BCUT2D eigenvalue weighted by atomic mass is 10.1. The van der Waals surface area contributed by atoms with Crippen LogP contribution in [0.5, 0.6) is 0 Å².